The molecule has 1 spiro atoms. The molecule has 1 saturated heterocycles. The largest absolute Gasteiger partial charge is 0.474 e. The van der Waals surface area contributed by atoms with Crippen LogP contribution in [-0.4, -0.2) is 50.4 Å². The first-order valence-corrected chi connectivity index (χ1v) is 10.6. The van der Waals surface area contributed by atoms with Crippen molar-refractivity contribution in [1.29, 1.82) is 0 Å². The van der Waals surface area contributed by atoms with E-state index in [9.17, 15) is 22.0 Å². The average molecular weight is 468 g/mol. The van der Waals surface area contributed by atoms with Crippen molar-refractivity contribution in [1.82, 2.24) is 24.7 Å². The van der Waals surface area contributed by atoms with Crippen molar-refractivity contribution in [3.8, 4) is 5.88 Å². The molecular weight excluding hydrogens is 447 g/mol. The standard InChI is InChI=1S/C21H21F5N6O/c22-16(23)11-32-18-15(9-29-32)28-10-17(30-18)31-6-2-4-20(12-31)7-13(8-20)33-19-14(21(24,25)26)3-1-5-27-19/h1,3,5,9-10,13,16H,2,4,6-8,11-12H2. The maximum Gasteiger partial charge on any atom is 0.421 e. The third-order valence-electron chi connectivity index (χ3n) is 6.31. The molecule has 1 saturated carbocycles. The van der Waals surface area contributed by atoms with Crippen molar-refractivity contribution < 1.29 is 26.7 Å². The Bertz CT molecular complexity index is 1140. The van der Waals surface area contributed by atoms with Gasteiger partial charge in [-0.1, -0.05) is 0 Å². The van der Waals surface area contributed by atoms with E-state index in [0.717, 1.165) is 30.1 Å². The number of hydrogen-bond acceptors (Lipinski definition) is 6. The number of nitrogens with zero attached hydrogens (tertiary/aromatic N) is 6. The second-order valence-corrected chi connectivity index (χ2v) is 8.68. The maximum absolute atomic E-state index is 13.2. The molecule has 5 rings (SSSR count). The lowest BCUT2D eigenvalue weighted by Crippen LogP contribution is -2.54. The molecular formula is C21H21F5N6O. The first kappa shape index (κ1) is 21.8. The fourth-order valence-electron chi connectivity index (χ4n) is 4.84. The number of alkyl halides is 5. The topological polar surface area (TPSA) is 69.0 Å². The van der Waals surface area contributed by atoms with E-state index < -0.39 is 24.7 Å². The number of hydrogen-bond donors (Lipinski definition) is 0. The number of pyridine rings is 1. The number of halogens is 5. The maximum atomic E-state index is 13.2. The molecule has 7 nitrogen and oxygen atoms in total. The highest BCUT2D eigenvalue weighted by Gasteiger charge is 2.49. The number of piperidine rings is 1. The molecule has 0 N–H and O–H groups in total. The Hall–Kier alpha value is -3.05. The molecule has 0 unspecified atom stereocenters. The minimum atomic E-state index is -4.53. The number of aromatic nitrogens is 5. The Morgan fingerprint density at radius 3 is 2.76 bits per heavy atom. The summed E-state index contributed by atoms with van der Waals surface area (Å²) in [4.78, 5) is 14.7. The van der Waals surface area contributed by atoms with Gasteiger partial charge in [-0.3, -0.25) is 0 Å². The predicted molar refractivity (Wildman–Crippen MR) is 108 cm³/mol. The third kappa shape index (κ3) is 4.30. The fourth-order valence-corrected chi connectivity index (χ4v) is 4.84. The van der Waals surface area contributed by atoms with Crippen molar-refractivity contribution >= 4 is 17.0 Å². The van der Waals surface area contributed by atoms with Crippen LogP contribution in [0.2, 0.25) is 0 Å². The van der Waals surface area contributed by atoms with Gasteiger partial charge in [-0.2, -0.15) is 18.3 Å². The Morgan fingerprint density at radius 2 is 2.00 bits per heavy atom. The monoisotopic (exact) mass is 468 g/mol. The van der Waals surface area contributed by atoms with E-state index in [1.54, 1.807) is 6.20 Å². The summed E-state index contributed by atoms with van der Waals surface area (Å²) < 4.78 is 72.0. The van der Waals surface area contributed by atoms with Gasteiger partial charge < -0.3 is 9.64 Å². The quantitative estimate of drug-likeness (QED) is 0.519. The number of fused-ring (bicyclic) bond motifs is 1. The average Bonchev–Trinajstić information content (AvgIpc) is 3.14. The second-order valence-electron chi connectivity index (χ2n) is 8.68. The van der Waals surface area contributed by atoms with Crippen molar-refractivity contribution in [2.24, 2.45) is 5.41 Å². The molecule has 0 bridgehead atoms. The second kappa shape index (κ2) is 8.07. The van der Waals surface area contributed by atoms with Crippen LogP contribution in [0.5, 0.6) is 5.88 Å². The van der Waals surface area contributed by atoms with E-state index >= 15 is 0 Å². The summed E-state index contributed by atoms with van der Waals surface area (Å²) in [5.41, 5.74) is -0.230. The van der Waals surface area contributed by atoms with E-state index in [0.29, 0.717) is 36.4 Å². The zero-order valence-corrected chi connectivity index (χ0v) is 17.5. The number of anilines is 1. The Morgan fingerprint density at radius 1 is 1.18 bits per heavy atom. The smallest absolute Gasteiger partial charge is 0.421 e. The molecule has 4 heterocycles. The lowest BCUT2D eigenvalue weighted by molar-refractivity contribution is -0.140. The minimum Gasteiger partial charge on any atom is -0.474 e. The summed E-state index contributed by atoms with van der Waals surface area (Å²) in [6.07, 6.45) is -0.111. The first-order valence-electron chi connectivity index (χ1n) is 10.6. The van der Waals surface area contributed by atoms with Crippen LogP contribution in [0.3, 0.4) is 0 Å². The number of ether oxygens (including phenoxy) is 1. The van der Waals surface area contributed by atoms with Gasteiger partial charge in [0, 0.05) is 19.3 Å². The molecule has 1 aliphatic heterocycles. The summed E-state index contributed by atoms with van der Waals surface area (Å²) in [5, 5.41) is 3.94. The first-order chi connectivity index (χ1) is 15.7. The van der Waals surface area contributed by atoms with E-state index in [1.807, 2.05) is 4.90 Å². The molecule has 2 aliphatic rings. The van der Waals surface area contributed by atoms with Crippen molar-refractivity contribution in [3.05, 3.63) is 36.3 Å². The summed E-state index contributed by atoms with van der Waals surface area (Å²) in [7, 11) is 0. The Balaban J connectivity index is 1.28. The predicted octanol–water partition coefficient (Wildman–Crippen LogP) is 4.33. The Kier molecular flexibility index (Phi) is 5.32. The molecule has 0 amide bonds. The SMILES string of the molecule is FC(F)Cn1ncc2ncc(N3CCCC4(CC(Oc5ncccc5C(F)(F)F)C4)C3)nc21. The van der Waals surface area contributed by atoms with Crippen molar-refractivity contribution in [2.45, 2.75) is 50.9 Å². The van der Waals surface area contributed by atoms with Crippen LogP contribution in [0.25, 0.3) is 11.2 Å². The third-order valence-corrected chi connectivity index (χ3v) is 6.31. The van der Waals surface area contributed by atoms with Gasteiger partial charge >= 0.3 is 6.18 Å². The fraction of sp³-hybridized carbons (Fsp3) is 0.524. The number of rotatable bonds is 5. The molecule has 12 heteroatoms. The summed E-state index contributed by atoms with van der Waals surface area (Å²) in [6.45, 7) is 0.817. The molecule has 2 fully saturated rings. The van der Waals surface area contributed by atoms with Gasteiger partial charge in [-0.15, -0.1) is 0 Å². The van der Waals surface area contributed by atoms with E-state index in [-0.39, 0.29) is 17.4 Å². The van der Waals surface area contributed by atoms with Crippen LogP contribution in [-0.2, 0) is 12.7 Å². The van der Waals surface area contributed by atoms with Gasteiger partial charge in [0.2, 0.25) is 5.88 Å². The summed E-state index contributed by atoms with van der Waals surface area (Å²) >= 11 is 0. The summed E-state index contributed by atoms with van der Waals surface area (Å²) in [6, 6.07) is 2.20. The van der Waals surface area contributed by atoms with Gasteiger partial charge in [0.15, 0.2) is 5.65 Å². The van der Waals surface area contributed by atoms with Crippen molar-refractivity contribution in [3.63, 3.8) is 0 Å². The van der Waals surface area contributed by atoms with Crippen LogP contribution in [0.1, 0.15) is 31.2 Å². The zero-order chi connectivity index (χ0) is 23.2. The highest BCUT2D eigenvalue weighted by Crippen LogP contribution is 2.50. The van der Waals surface area contributed by atoms with Crippen LogP contribution in [0, 0.1) is 5.41 Å². The van der Waals surface area contributed by atoms with Gasteiger partial charge in [-0.25, -0.2) is 28.4 Å². The van der Waals surface area contributed by atoms with Crippen LogP contribution >= 0.6 is 0 Å². The highest BCUT2D eigenvalue weighted by atomic mass is 19.4. The van der Waals surface area contributed by atoms with Crippen molar-refractivity contribution in [2.75, 3.05) is 18.0 Å². The van der Waals surface area contributed by atoms with E-state index in [2.05, 4.69) is 20.1 Å². The van der Waals surface area contributed by atoms with E-state index in [1.165, 1.54) is 18.5 Å². The summed E-state index contributed by atoms with van der Waals surface area (Å²) in [5.74, 6) is 0.187. The van der Waals surface area contributed by atoms with Gasteiger partial charge in [0.05, 0.1) is 12.4 Å². The van der Waals surface area contributed by atoms with Crippen LogP contribution in [0.15, 0.2) is 30.7 Å². The van der Waals surface area contributed by atoms with Gasteiger partial charge in [-0.05, 0) is 43.2 Å². The molecule has 0 atom stereocenters. The van der Waals surface area contributed by atoms with Crippen LogP contribution < -0.4 is 9.64 Å². The molecule has 176 valence electrons. The lowest BCUT2D eigenvalue weighted by atomic mass is 9.62. The molecule has 3 aromatic heterocycles. The lowest BCUT2D eigenvalue weighted by Gasteiger charge is -2.52. The van der Waals surface area contributed by atoms with Crippen LogP contribution in [0.4, 0.5) is 27.8 Å². The highest BCUT2D eigenvalue weighted by molar-refractivity contribution is 5.71. The normalized spacial score (nSPS) is 23.3. The molecule has 1 aliphatic carbocycles. The minimum absolute atomic E-state index is 0.101. The molecule has 3 aromatic rings. The Labute approximate surface area is 185 Å². The van der Waals surface area contributed by atoms with Gasteiger partial charge in [0.25, 0.3) is 6.43 Å². The molecule has 33 heavy (non-hydrogen) atoms. The molecule has 0 aromatic carbocycles. The molecule has 0 radical (unpaired) electrons. The zero-order valence-electron chi connectivity index (χ0n) is 17.5. The van der Waals surface area contributed by atoms with E-state index in [4.69, 9.17) is 4.74 Å². The van der Waals surface area contributed by atoms with Gasteiger partial charge in [0.1, 0.15) is 29.5 Å².